The molecule has 0 aliphatic heterocycles. The summed E-state index contributed by atoms with van der Waals surface area (Å²) in [6.07, 6.45) is 7.06. The third-order valence-corrected chi connectivity index (χ3v) is 2.43. The average molecular weight is 168 g/mol. The van der Waals surface area contributed by atoms with E-state index in [-0.39, 0.29) is 11.8 Å². The number of hydrogen-bond acceptors (Lipinski definition) is 3. The van der Waals surface area contributed by atoms with Crippen LogP contribution in [0.15, 0.2) is 5.11 Å². The Bertz CT molecular complexity index is 168. The molecule has 1 N–H and O–H groups in total. The first-order valence-corrected chi connectivity index (χ1v) is 4.74. The van der Waals surface area contributed by atoms with Crippen molar-refractivity contribution in [3.8, 4) is 0 Å². The van der Waals surface area contributed by atoms with E-state index >= 15 is 0 Å². The predicted molar refractivity (Wildman–Crippen MR) is 46.3 cm³/mol. The van der Waals surface area contributed by atoms with Gasteiger partial charge in [-0.2, -0.15) is 5.11 Å². The molecule has 0 amide bonds. The van der Waals surface area contributed by atoms with E-state index in [1.807, 2.05) is 0 Å². The highest BCUT2D eigenvalue weighted by molar-refractivity contribution is 5.83. The molecule has 0 heterocycles. The first kappa shape index (κ1) is 9.36. The van der Waals surface area contributed by atoms with Crippen molar-refractivity contribution in [1.82, 2.24) is 0 Å². The number of carbonyl (C=O) groups excluding carboxylic acids is 1. The van der Waals surface area contributed by atoms with Crippen LogP contribution in [0.1, 0.15) is 44.9 Å². The topological polar surface area (TPSA) is 53.3 Å². The maximum atomic E-state index is 11.3. The second kappa shape index (κ2) is 5.01. The smallest absolute Gasteiger partial charge is 0.159 e. The van der Waals surface area contributed by atoms with Gasteiger partial charge in [0, 0.05) is 6.42 Å². The number of rotatable bonds is 1. The number of hydrogen-bond donors (Lipinski definition) is 1. The molecule has 1 saturated carbocycles. The summed E-state index contributed by atoms with van der Waals surface area (Å²) in [6, 6.07) is -0.317. The van der Waals surface area contributed by atoms with Crippen molar-refractivity contribution < 1.29 is 4.79 Å². The molecule has 1 fully saturated rings. The van der Waals surface area contributed by atoms with Crippen molar-refractivity contribution in [2.45, 2.75) is 51.0 Å². The third-order valence-electron chi connectivity index (χ3n) is 2.43. The van der Waals surface area contributed by atoms with E-state index in [9.17, 15) is 4.79 Å². The van der Waals surface area contributed by atoms with Crippen LogP contribution in [-0.4, -0.2) is 11.8 Å². The molecule has 0 aromatic carbocycles. The van der Waals surface area contributed by atoms with Gasteiger partial charge in [-0.05, 0) is 12.8 Å². The van der Waals surface area contributed by atoms with Crippen molar-refractivity contribution in [2.24, 2.45) is 5.11 Å². The summed E-state index contributed by atoms with van der Waals surface area (Å²) in [5.74, 6) is 0.173. The zero-order chi connectivity index (χ0) is 8.81. The van der Waals surface area contributed by atoms with Crippen LogP contribution in [0.25, 0.3) is 0 Å². The summed E-state index contributed by atoms with van der Waals surface area (Å²) in [6.45, 7) is 0. The van der Waals surface area contributed by atoms with E-state index in [2.05, 4.69) is 5.11 Å². The molecule has 1 atom stereocenters. The summed E-state index contributed by atoms with van der Waals surface area (Å²) < 4.78 is 0. The molecule has 0 saturated heterocycles. The average Bonchev–Trinajstić information content (AvgIpc) is 2.17. The number of nitrogens with zero attached hydrogens (tertiary/aromatic N) is 1. The summed E-state index contributed by atoms with van der Waals surface area (Å²) in [7, 11) is 0. The number of carbonyl (C=O) groups is 1. The quantitative estimate of drug-likeness (QED) is 0.601. The summed E-state index contributed by atoms with van der Waals surface area (Å²) >= 11 is 0. The van der Waals surface area contributed by atoms with Crippen molar-refractivity contribution in [1.29, 1.82) is 5.53 Å². The van der Waals surface area contributed by atoms with Gasteiger partial charge in [-0.15, -0.1) is 0 Å². The molecule has 68 valence electrons. The van der Waals surface area contributed by atoms with Crippen LogP contribution in [-0.2, 0) is 4.79 Å². The van der Waals surface area contributed by atoms with Gasteiger partial charge in [0.25, 0.3) is 0 Å². The standard InChI is InChI=1S/C9H16N2O/c10-11-8-6-4-2-1-3-5-7-9(8)12/h8,10H,1-7H2. The Morgan fingerprint density at radius 1 is 1.17 bits per heavy atom. The maximum Gasteiger partial charge on any atom is 0.159 e. The molecule has 1 unspecified atom stereocenters. The van der Waals surface area contributed by atoms with E-state index in [0.717, 1.165) is 25.7 Å². The van der Waals surface area contributed by atoms with Crippen LogP contribution in [0.4, 0.5) is 0 Å². The molecule has 1 rings (SSSR count). The Morgan fingerprint density at radius 2 is 1.83 bits per heavy atom. The van der Waals surface area contributed by atoms with Crippen LogP contribution >= 0.6 is 0 Å². The van der Waals surface area contributed by atoms with E-state index < -0.39 is 0 Å². The van der Waals surface area contributed by atoms with Crippen LogP contribution < -0.4 is 0 Å². The number of nitrogens with one attached hydrogen (secondary N) is 1. The lowest BCUT2D eigenvalue weighted by molar-refractivity contribution is -0.120. The Kier molecular flexibility index (Phi) is 3.91. The summed E-state index contributed by atoms with van der Waals surface area (Å²) in [5, 5.41) is 3.37. The van der Waals surface area contributed by atoms with Crippen LogP contribution in [0, 0.1) is 5.53 Å². The SMILES string of the molecule is N=NC1CCCCCCCC1=O. The lowest BCUT2D eigenvalue weighted by atomic mass is 10.0. The van der Waals surface area contributed by atoms with Gasteiger partial charge in [0.05, 0.1) is 0 Å². The molecular weight excluding hydrogens is 152 g/mol. The highest BCUT2D eigenvalue weighted by Crippen LogP contribution is 2.16. The zero-order valence-electron chi connectivity index (χ0n) is 7.38. The minimum absolute atomic E-state index is 0.173. The van der Waals surface area contributed by atoms with Crippen molar-refractivity contribution in [3.05, 3.63) is 0 Å². The van der Waals surface area contributed by atoms with Gasteiger partial charge in [-0.3, -0.25) is 4.79 Å². The zero-order valence-corrected chi connectivity index (χ0v) is 7.38. The minimum Gasteiger partial charge on any atom is -0.297 e. The Labute approximate surface area is 73.1 Å². The van der Waals surface area contributed by atoms with Gasteiger partial charge in [0.1, 0.15) is 6.04 Å². The molecule has 1 aliphatic carbocycles. The second-order valence-corrected chi connectivity index (χ2v) is 3.42. The van der Waals surface area contributed by atoms with Crippen LogP contribution in [0.5, 0.6) is 0 Å². The Hall–Kier alpha value is -0.730. The first-order valence-electron chi connectivity index (χ1n) is 4.74. The molecule has 0 bridgehead atoms. The van der Waals surface area contributed by atoms with Crippen molar-refractivity contribution >= 4 is 5.78 Å². The fourth-order valence-corrected chi connectivity index (χ4v) is 1.63. The van der Waals surface area contributed by atoms with Gasteiger partial charge in [-0.1, -0.05) is 25.7 Å². The fraction of sp³-hybridized carbons (Fsp3) is 0.889. The summed E-state index contributed by atoms with van der Waals surface area (Å²) in [5.41, 5.74) is 6.87. The maximum absolute atomic E-state index is 11.3. The molecule has 12 heavy (non-hydrogen) atoms. The van der Waals surface area contributed by atoms with Crippen molar-refractivity contribution in [2.75, 3.05) is 0 Å². The number of Topliss-reactive ketones (excluding diaryl/α,β-unsaturated/α-hetero) is 1. The molecular formula is C9H16N2O. The van der Waals surface area contributed by atoms with Gasteiger partial charge < -0.3 is 0 Å². The van der Waals surface area contributed by atoms with E-state index in [1.54, 1.807) is 0 Å². The van der Waals surface area contributed by atoms with Gasteiger partial charge in [0.15, 0.2) is 5.78 Å². The lowest BCUT2D eigenvalue weighted by Gasteiger charge is -2.05. The molecule has 0 radical (unpaired) electrons. The van der Waals surface area contributed by atoms with Gasteiger partial charge >= 0.3 is 0 Å². The monoisotopic (exact) mass is 168 g/mol. The van der Waals surface area contributed by atoms with Crippen LogP contribution in [0.3, 0.4) is 0 Å². The number of ketones is 1. The van der Waals surface area contributed by atoms with E-state index in [1.165, 1.54) is 12.8 Å². The lowest BCUT2D eigenvalue weighted by Crippen LogP contribution is -2.17. The fourth-order valence-electron chi connectivity index (χ4n) is 1.63. The minimum atomic E-state index is -0.317. The molecule has 0 spiro atoms. The van der Waals surface area contributed by atoms with E-state index in [4.69, 9.17) is 5.53 Å². The Balaban J connectivity index is 2.46. The highest BCUT2D eigenvalue weighted by Gasteiger charge is 2.17. The third kappa shape index (κ3) is 2.72. The predicted octanol–water partition coefficient (Wildman–Crippen LogP) is 2.70. The highest BCUT2D eigenvalue weighted by atomic mass is 16.1. The molecule has 0 aromatic rings. The molecule has 1 aliphatic rings. The molecule has 3 heteroatoms. The first-order chi connectivity index (χ1) is 5.84. The second-order valence-electron chi connectivity index (χ2n) is 3.42. The van der Waals surface area contributed by atoms with Gasteiger partial charge in [0.2, 0.25) is 0 Å². The van der Waals surface area contributed by atoms with Crippen molar-refractivity contribution in [3.63, 3.8) is 0 Å². The largest absolute Gasteiger partial charge is 0.297 e. The van der Waals surface area contributed by atoms with E-state index in [0.29, 0.717) is 6.42 Å². The summed E-state index contributed by atoms with van der Waals surface area (Å²) in [4.78, 5) is 11.3. The van der Waals surface area contributed by atoms with Crippen LogP contribution in [0.2, 0.25) is 0 Å². The molecule has 0 aromatic heterocycles. The molecule has 3 nitrogen and oxygen atoms in total. The Morgan fingerprint density at radius 3 is 2.58 bits per heavy atom. The van der Waals surface area contributed by atoms with Gasteiger partial charge in [-0.25, -0.2) is 5.53 Å². The normalized spacial score (nSPS) is 27.0.